The van der Waals surface area contributed by atoms with Gasteiger partial charge >= 0.3 is 5.97 Å². The molecule has 4 nitrogen and oxygen atoms in total. The maximum atomic E-state index is 11.8. The van der Waals surface area contributed by atoms with Crippen molar-refractivity contribution in [1.29, 1.82) is 0 Å². The Morgan fingerprint density at radius 2 is 2.11 bits per heavy atom. The Bertz CT molecular complexity index is 565. The van der Waals surface area contributed by atoms with Gasteiger partial charge in [-0.25, -0.2) is 4.79 Å². The van der Waals surface area contributed by atoms with Crippen LogP contribution in [0, 0.1) is 0 Å². The predicted molar refractivity (Wildman–Crippen MR) is 69.1 cm³/mol. The van der Waals surface area contributed by atoms with E-state index in [4.69, 9.17) is 4.74 Å². The number of aliphatic hydroxyl groups is 1. The topological polar surface area (TPSA) is 58.6 Å². The van der Waals surface area contributed by atoms with Crippen LogP contribution in [0.3, 0.4) is 0 Å². The van der Waals surface area contributed by atoms with Crippen molar-refractivity contribution >= 4 is 23.4 Å². The Hall–Kier alpha value is -1.46. The van der Waals surface area contributed by atoms with Crippen LogP contribution >= 0.6 is 11.8 Å². The number of rotatable bonds is 0. The van der Waals surface area contributed by atoms with Gasteiger partial charge in [-0.3, -0.25) is 0 Å². The molecule has 2 aliphatic heterocycles. The average Bonchev–Trinajstić information content (AvgIpc) is 2.44. The summed E-state index contributed by atoms with van der Waals surface area (Å²) >= 11 is 1.47. The fraction of sp³-hybridized carbons (Fsp3) is 0.308. The molecule has 94 valence electrons. The lowest BCUT2D eigenvalue weighted by Crippen LogP contribution is -2.25. The number of hydrogen-bond acceptors (Lipinski definition) is 5. The lowest BCUT2D eigenvalue weighted by atomic mass is 10.1. The molecule has 0 amide bonds. The minimum atomic E-state index is -1.02. The Kier molecular flexibility index (Phi) is 2.43. The van der Waals surface area contributed by atoms with Crippen molar-refractivity contribution in [2.45, 2.75) is 30.6 Å². The summed E-state index contributed by atoms with van der Waals surface area (Å²) in [5, 5.41) is 13.1. The molecular weight excluding hydrogens is 250 g/mol. The highest BCUT2D eigenvalue weighted by Crippen LogP contribution is 2.48. The molecule has 0 aromatic heterocycles. The van der Waals surface area contributed by atoms with E-state index in [0.29, 0.717) is 5.57 Å². The maximum Gasteiger partial charge on any atom is 0.340 e. The minimum Gasteiger partial charge on any atom is -0.451 e. The van der Waals surface area contributed by atoms with Crippen LogP contribution < -0.4 is 5.32 Å². The molecule has 1 aromatic carbocycles. The van der Waals surface area contributed by atoms with Crippen LogP contribution in [0.25, 0.3) is 0 Å². The molecule has 3 rings (SSSR count). The van der Waals surface area contributed by atoms with Crippen LogP contribution in [0.1, 0.15) is 13.8 Å². The quantitative estimate of drug-likeness (QED) is 0.702. The standard InChI is InChI=1S/C13H13NO3S/c1-13(2)10-9(12(16)17-13)11(15)14-7-5-3-4-6-8(7)18-10/h3-6,11,14-15H,1-2H3. The Balaban J connectivity index is 2.14. The van der Waals surface area contributed by atoms with Gasteiger partial charge in [0.15, 0.2) is 6.23 Å². The first kappa shape index (κ1) is 11.6. The molecule has 0 saturated heterocycles. The number of anilines is 1. The second-order valence-corrected chi connectivity index (χ2v) is 5.84. The Morgan fingerprint density at radius 1 is 1.39 bits per heavy atom. The van der Waals surface area contributed by atoms with Gasteiger partial charge in [-0.1, -0.05) is 23.9 Å². The van der Waals surface area contributed by atoms with Gasteiger partial charge in [-0.15, -0.1) is 0 Å². The third-order valence-corrected chi connectivity index (χ3v) is 4.52. The zero-order valence-electron chi connectivity index (χ0n) is 10.1. The molecule has 18 heavy (non-hydrogen) atoms. The van der Waals surface area contributed by atoms with Crippen molar-refractivity contribution in [3.63, 3.8) is 0 Å². The Labute approximate surface area is 109 Å². The molecule has 0 aliphatic carbocycles. The van der Waals surface area contributed by atoms with Crippen molar-refractivity contribution in [1.82, 2.24) is 0 Å². The summed E-state index contributed by atoms with van der Waals surface area (Å²) in [6, 6.07) is 7.65. The highest BCUT2D eigenvalue weighted by molar-refractivity contribution is 8.03. The van der Waals surface area contributed by atoms with Crippen molar-refractivity contribution in [3.05, 3.63) is 34.7 Å². The summed E-state index contributed by atoms with van der Waals surface area (Å²) in [7, 11) is 0. The van der Waals surface area contributed by atoms with Crippen molar-refractivity contribution < 1.29 is 14.6 Å². The first-order valence-electron chi connectivity index (χ1n) is 5.68. The zero-order valence-corrected chi connectivity index (χ0v) is 10.9. The van der Waals surface area contributed by atoms with Crippen LogP contribution in [-0.2, 0) is 9.53 Å². The number of fused-ring (bicyclic) bond motifs is 1. The maximum absolute atomic E-state index is 11.8. The summed E-state index contributed by atoms with van der Waals surface area (Å²) < 4.78 is 5.30. The minimum absolute atomic E-state index is 0.321. The third kappa shape index (κ3) is 1.62. The van der Waals surface area contributed by atoms with Crippen molar-refractivity contribution in [2.24, 2.45) is 0 Å². The van der Waals surface area contributed by atoms with E-state index in [0.717, 1.165) is 15.5 Å². The first-order valence-corrected chi connectivity index (χ1v) is 6.50. The second-order valence-electron chi connectivity index (χ2n) is 4.79. The van der Waals surface area contributed by atoms with Gasteiger partial charge in [0.1, 0.15) is 5.60 Å². The van der Waals surface area contributed by atoms with Crippen molar-refractivity contribution in [3.8, 4) is 0 Å². The third-order valence-electron chi connectivity index (χ3n) is 3.02. The summed E-state index contributed by atoms with van der Waals surface area (Å²) in [6.45, 7) is 3.67. The van der Waals surface area contributed by atoms with Crippen LogP contribution in [0.5, 0.6) is 0 Å². The molecule has 1 atom stereocenters. The fourth-order valence-corrected chi connectivity index (χ4v) is 3.36. The van der Waals surface area contributed by atoms with E-state index in [-0.39, 0.29) is 0 Å². The molecule has 0 radical (unpaired) electrons. The SMILES string of the molecule is CC1(C)OC(=O)C2=C1Sc1ccccc1NC2O. The van der Waals surface area contributed by atoms with E-state index in [1.807, 2.05) is 38.1 Å². The number of carbonyl (C=O) groups is 1. The lowest BCUT2D eigenvalue weighted by molar-refractivity contribution is -0.145. The summed E-state index contributed by atoms with van der Waals surface area (Å²) in [5.41, 5.74) is 0.464. The molecule has 0 saturated carbocycles. The summed E-state index contributed by atoms with van der Waals surface area (Å²) in [6.07, 6.45) is -1.02. The van der Waals surface area contributed by atoms with Gasteiger partial charge in [0.2, 0.25) is 0 Å². The molecular formula is C13H13NO3S. The number of nitrogens with one attached hydrogen (secondary N) is 1. The first-order chi connectivity index (χ1) is 8.49. The van der Waals surface area contributed by atoms with Gasteiger partial charge in [0, 0.05) is 9.80 Å². The van der Waals surface area contributed by atoms with Crippen molar-refractivity contribution in [2.75, 3.05) is 5.32 Å². The molecule has 0 spiro atoms. The van der Waals surface area contributed by atoms with E-state index in [1.165, 1.54) is 11.8 Å². The zero-order chi connectivity index (χ0) is 12.9. The number of ether oxygens (including phenoxy) is 1. The molecule has 2 heterocycles. The largest absolute Gasteiger partial charge is 0.451 e. The highest BCUT2D eigenvalue weighted by Gasteiger charge is 2.45. The number of benzene rings is 1. The van der Waals surface area contributed by atoms with Crippen LogP contribution in [0.4, 0.5) is 5.69 Å². The molecule has 5 heteroatoms. The predicted octanol–water partition coefficient (Wildman–Crippen LogP) is 2.11. The smallest absolute Gasteiger partial charge is 0.340 e. The monoisotopic (exact) mass is 263 g/mol. The summed E-state index contributed by atoms with van der Waals surface area (Å²) in [5.74, 6) is -0.449. The number of carbonyl (C=O) groups excluding carboxylic acids is 1. The fourth-order valence-electron chi connectivity index (χ4n) is 2.17. The molecule has 0 fully saturated rings. The van der Waals surface area contributed by atoms with Gasteiger partial charge in [-0.05, 0) is 26.0 Å². The van der Waals surface area contributed by atoms with Crippen LogP contribution in [0.15, 0.2) is 39.6 Å². The molecule has 0 bridgehead atoms. The van der Waals surface area contributed by atoms with Crippen LogP contribution in [0.2, 0.25) is 0 Å². The van der Waals surface area contributed by atoms with Gasteiger partial charge < -0.3 is 15.2 Å². The summed E-state index contributed by atoms with van der Waals surface area (Å²) in [4.78, 5) is 13.6. The highest BCUT2D eigenvalue weighted by atomic mass is 32.2. The van der Waals surface area contributed by atoms with Crippen LogP contribution in [-0.4, -0.2) is 22.9 Å². The number of hydrogen-bond donors (Lipinski definition) is 2. The number of aliphatic hydroxyl groups excluding tert-OH is 1. The van der Waals surface area contributed by atoms with E-state index in [2.05, 4.69) is 5.32 Å². The van der Waals surface area contributed by atoms with Gasteiger partial charge in [0.05, 0.1) is 11.3 Å². The average molecular weight is 263 g/mol. The normalized spacial score (nSPS) is 24.8. The molecule has 1 aromatic rings. The number of para-hydroxylation sites is 1. The molecule has 2 aliphatic rings. The van der Waals surface area contributed by atoms with E-state index < -0.39 is 17.8 Å². The lowest BCUT2D eigenvalue weighted by Gasteiger charge is -2.20. The van der Waals surface area contributed by atoms with Gasteiger partial charge in [-0.2, -0.15) is 0 Å². The van der Waals surface area contributed by atoms with E-state index in [9.17, 15) is 9.90 Å². The van der Waals surface area contributed by atoms with E-state index >= 15 is 0 Å². The molecule has 1 unspecified atom stereocenters. The number of esters is 1. The molecule has 2 N–H and O–H groups in total. The van der Waals surface area contributed by atoms with E-state index in [1.54, 1.807) is 0 Å². The number of cyclic esters (lactones) is 1. The number of thioether (sulfide) groups is 1. The van der Waals surface area contributed by atoms with Gasteiger partial charge in [0.25, 0.3) is 0 Å². The second kappa shape index (κ2) is 3.76. The Morgan fingerprint density at radius 3 is 2.89 bits per heavy atom.